The molecule has 16 heavy (non-hydrogen) atoms. The van der Waals surface area contributed by atoms with Crippen molar-refractivity contribution in [1.82, 2.24) is 0 Å². The van der Waals surface area contributed by atoms with Gasteiger partial charge in [0, 0.05) is 7.05 Å². The molecule has 88 valence electrons. The van der Waals surface area contributed by atoms with Gasteiger partial charge >= 0.3 is 7.12 Å². The Balaban J connectivity index is 3.28. The summed E-state index contributed by atoms with van der Waals surface area (Å²) in [6.07, 6.45) is 1.09. The highest BCUT2D eigenvalue weighted by atomic mass is 32.2. The summed E-state index contributed by atoms with van der Waals surface area (Å²) in [6.45, 7) is 1.75. The first-order valence-corrected chi connectivity index (χ1v) is 6.49. The van der Waals surface area contributed by atoms with E-state index in [4.69, 9.17) is 10.0 Å². The van der Waals surface area contributed by atoms with Crippen molar-refractivity contribution in [2.24, 2.45) is 0 Å². The van der Waals surface area contributed by atoms with Gasteiger partial charge in [0.05, 0.1) is 11.9 Å². The topological polar surface area (TPSA) is 77.8 Å². The number of rotatable bonds is 3. The zero-order chi connectivity index (χ0) is 12.5. The molecule has 0 aliphatic carbocycles. The van der Waals surface area contributed by atoms with Crippen LogP contribution < -0.4 is 9.77 Å². The summed E-state index contributed by atoms with van der Waals surface area (Å²) in [7, 11) is -3.53. The quantitative estimate of drug-likeness (QED) is 0.672. The molecule has 5 nitrogen and oxygen atoms in total. The molecule has 0 amide bonds. The van der Waals surface area contributed by atoms with E-state index in [0.717, 1.165) is 16.1 Å². The smallest absolute Gasteiger partial charge is 0.423 e. The summed E-state index contributed by atoms with van der Waals surface area (Å²) in [5, 5.41) is 18.0. The number of aryl methyl sites for hydroxylation is 1. The lowest BCUT2D eigenvalue weighted by molar-refractivity contribution is 0.426. The van der Waals surface area contributed by atoms with Crippen molar-refractivity contribution in [2.75, 3.05) is 17.6 Å². The first-order valence-electron chi connectivity index (χ1n) is 4.64. The molecule has 2 N–H and O–H groups in total. The molecule has 0 saturated heterocycles. The van der Waals surface area contributed by atoms with Crippen molar-refractivity contribution >= 4 is 28.3 Å². The first-order chi connectivity index (χ1) is 7.23. The van der Waals surface area contributed by atoms with E-state index in [9.17, 15) is 8.42 Å². The average Bonchev–Trinajstić information content (AvgIpc) is 2.15. The Bertz CT molecular complexity index is 486. The summed E-state index contributed by atoms with van der Waals surface area (Å²) in [6, 6.07) is 4.63. The molecule has 0 fully saturated rings. The van der Waals surface area contributed by atoms with Crippen LogP contribution in [0, 0.1) is 6.92 Å². The molecule has 0 unspecified atom stereocenters. The third-order valence-electron chi connectivity index (χ3n) is 2.37. The van der Waals surface area contributed by atoms with Gasteiger partial charge in [-0.2, -0.15) is 0 Å². The first kappa shape index (κ1) is 13.0. The molecule has 0 spiro atoms. The Hall–Kier alpha value is -1.05. The van der Waals surface area contributed by atoms with Gasteiger partial charge in [0.15, 0.2) is 0 Å². The van der Waals surface area contributed by atoms with Crippen LogP contribution in [0.25, 0.3) is 0 Å². The molecule has 0 aliphatic heterocycles. The molecule has 0 atom stereocenters. The van der Waals surface area contributed by atoms with Gasteiger partial charge in [-0.15, -0.1) is 0 Å². The lowest BCUT2D eigenvalue weighted by Gasteiger charge is -2.19. The van der Waals surface area contributed by atoms with E-state index >= 15 is 0 Å². The summed E-state index contributed by atoms with van der Waals surface area (Å²) in [4.78, 5) is 0. The molecule has 0 saturated carbocycles. The fraction of sp³-hybridized carbons (Fsp3) is 0.333. The van der Waals surface area contributed by atoms with E-state index < -0.39 is 17.1 Å². The minimum Gasteiger partial charge on any atom is -0.423 e. The van der Waals surface area contributed by atoms with Crippen LogP contribution >= 0.6 is 0 Å². The predicted octanol–water partition coefficient (Wildman–Crippen LogP) is -0.929. The Labute approximate surface area is 95.5 Å². The third-order valence-corrected chi connectivity index (χ3v) is 3.56. The zero-order valence-corrected chi connectivity index (χ0v) is 10.2. The van der Waals surface area contributed by atoms with Crippen molar-refractivity contribution in [2.45, 2.75) is 6.92 Å². The maximum Gasteiger partial charge on any atom is 0.488 e. The fourth-order valence-corrected chi connectivity index (χ4v) is 1.86. The number of hydrogen-bond donors (Lipinski definition) is 2. The van der Waals surface area contributed by atoms with E-state index in [1.54, 1.807) is 19.1 Å². The summed E-state index contributed by atoms with van der Waals surface area (Å²) in [5.74, 6) is 0. The van der Waals surface area contributed by atoms with Crippen LogP contribution in [0.3, 0.4) is 0 Å². The maximum atomic E-state index is 11.4. The molecule has 0 heterocycles. The Morgan fingerprint density at radius 1 is 1.31 bits per heavy atom. The fourth-order valence-electron chi connectivity index (χ4n) is 1.30. The third kappa shape index (κ3) is 2.75. The van der Waals surface area contributed by atoms with Gasteiger partial charge < -0.3 is 10.0 Å². The average molecular weight is 243 g/mol. The van der Waals surface area contributed by atoms with E-state index in [2.05, 4.69) is 0 Å². The maximum absolute atomic E-state index is 11.4. The minimum absolute atomic E-state index is 0.260. The van der Waals surface area contributed by atoms with Crippen molar-refractivity contribution in [1.29, 1.82) is 0 Å². The zero-order valence-electron chi connectivity index (χ0n) is 9.38. The molecule has 0 aromatic heterocycles. The van der Waals surface area contributed by atoms with Gasteiger partial charge in [-0.3, -0.25) is 4.31 Å². The molecular weight excluding hydrogens is 229 g/mol. The van der Waals surface area contributed by atoms with Crippen LogP contribution in [0.15, 0.2) is 18.2 Å². The van der Waals surface area contributed by atoms with E-state index in [-0.39, 0.29) is 5.46 Å². The molecule has 7 heteroatoms. The normalized spacial score (nSPS) is 11.3. The summed E-state index contributed by atoms with van der Waals surface area (Å²) < 4.78 is 23.8. The highest BCUT2D eigenvalue weighted by Gasteiger charge is 2.18. The second-order valence-electron chi connectivity index (χ2n) is 3.65. The monoisotopic (exact) mass is 243 g/mol. The van der Waals surface area contributed by atoms with Gasteiger partial charge in [0.25, 0.3) is 0 Å². The Morgan fingerprint density at radius 2 is 1.88 bits per heavy atom. The van der Waals surface area contributed by atoms with Gasteiger partial charge in [0.1, 0.15) is 0 Å². The molecule has 0 bridgehead atoms. The van der Waals surface area contributed by atoms with Gasteiger partial charge in [0.2, 0.25) is 10.0 Å². The summed E-state index contributed by atoms with van der Waals surface area (Å²) in [5.41, 5.74) is 1.45. The van der Waals surface area contributed by atoms with Gasteiger partial charge in [-0.25, -0.2) is 8.42 Å². The summed E-state index contributed by atoms with van der Waals surface area (Å²) >= 11 is 0. The Kier molecular flexibility index (Phi) is 3.62. The molecule has 0 aliphatic rings. The highest BCUT2D eigenvalue weighted by molar-refractivity contribution is 7.92. The van der Waals surface area contributed by atoms with Crippen molar-refractivity contribution in [3.63, 3.8) is 0 Å². The second-order valence-corrected chi connectivity index (χ2v) is 5.66. The highest BCUT2D eigenvalue weighted by Crippen LogP contribution is 2.19. The van der Waals surface area contributed by atoms with E-state index in [1.165, 1.54) is 13.1 Å². The van der Waals surface area contributed by atoms with Gasteiger partial charge in [-0.05, 0) is 24.0 Å². The molecular formula is C9H14BNO4S. The van der Waals surface area contributed by atoms with Gasteiger partial charge in [-0.1, -0.05) is 12.1 Å². The number of benzene rings is 1. The van der Waals surface area contributed by atoms with Crippen LogP contribution in [0.4, 0.5) is 5.69 Å². The van der Waals surface area contributed by atoms with Crippen LogP contribution in [0.1, 0.15) is 5.56 Å². The van der Waals surface area contributed by atoms with Crippen LogP contribution in [-0.4, -0.2) is 38.9 Å². The lowest BCUT2D eigenvalue weighted by Crippen LogP contribution is -2.32. The van der Waals surface area contributed by atoms with Crippen molar-refractivity contribution < 1.29 is 18.5 Å². The number of nitrogens with zero attached hydrogens (tertiary/aromatic N) is 1. The van der Waals surface area contributed by atoms with E-state index in [1.807, 2.05) is 0 Å². The molecule has 1 rings (SSSR count). The predicted molar refractivity (Wildman–Crippen MR) is 64.3 cm³/mol. The standard InChI is InChI=1S/C9H14BNO4S/c1-7-4-5-8(10(12)13)6-9(7)11(2)16(3,14)15/h4-6,12-13H,1-3H3. The van der Waals surface area contributed by atoms with E-state index in [0.29, 0.717) is 5.69 Å². The van der Waals surface area contributed by atoms with Crippen LogP contribution in [0.2, 0.25) is 0 Å². The SMILES string of the molecule is Cc1ccc(B(O)O)cc1N(C)S(C)(=O)=O. The largest absolute Gasteiger partial charge is 0.488 e. The number of hydrogen-bond acceptors (Lipinski definition) is 4. The van der Waals surface area contributed by atoms with Crippen molar-refractivity contribution in [3.8, 4) is 0 Å². The Morgan fingerprint density at radius 3 is 2.31 bits per heavy atom. The lowest BCUT2D eigenvalue weighted by atomic mass is 9.79. The molecule has 1 aromatic carbocycles. The molecule has 1 aromatic rings. The molecule has 0 radical (unpaired) electrons. The van der Waals surface area contributed by atoms with Crippen molar-refractivity contribution in [3.05, 3.63) is 23.8 Å². The number of anilines is 1. The minimum atomic E-state index is -3.35. The van der Waals surface area contributed by atoms with Crippen LogP contribution in [-0.2, 0) is 10.0 Å². The second kappa shape index (κ2) is 4.44. The number of sulfonamides is 1. The van der Waals surface area contributed by atoms with Crippen LogP contribution in [0.5, 0.6) is 0 Å².